The molecule has 0 radical (unpaired) electrons. The molecule has 1 atom stereocenters. The van der Waals surface area contributed by atoms with E-state index in [2.05, 4.69) is 5.32 Å². The third-order valence-electron chi connectivity index (χ3n) is 3.27. The first kappa shape index (κ1) is 18.7. The van der Waals surface area contributed by atoms with Crippen molar-refractivity contribution in [1.29, 1.82) is 0 Å². The molecule has 1 aliphatic rings. The summed E-state index contributed by atoms with van der Waals surface area (Å²) in [6.45, 7) is 1.79. The van der Waals surface area contributed by atoms with Gasteiger partial charge in [-0.25, -0.2) is 18.4 Å². The zero-order valence-electron chi connectivity index (χ0n) is 13.4. The molecule has 1 heterocycles. The zero-order chi connectivity index (χ0) is 18.4. The molecule has 25 heavy (non-hydrogen) atoms. The van der Waals surface area contributed by atoms with E-state index in [9.17, 15) is 18.0 Å². The van der Waals surface area contributed by atoms with Crippen LogP contribution in [0.15, 0.2) is 41.2 Å². The lowest BCUT2D eigenvalue weighted by atomic mass is 10.1. The lowest BCUT2D eigenvalue weighted by molar-refractivity contribution is -0.149. The molecule has 1 aromatic rings. The Labute approximate surface area is 144 Å². The van der Waals surface area contributed by atoms with Crippen LogP contribution in [0.25, 0.3) is 0 Å². The van der Waals surface area contributed by atoms with Gasteiger partial charge in [0.2, 0.25) is 15.8 Å². The Morgan fingerprint density at radius 2 is 1.96 bits per heavy atom. The number of amides is 1. The van der Waals surface area contributed by atoms with Gasteiger partial charge in [0.05, 0.1) is 10.9 Å². The van der Waals surface area contributed by atoms with Crippen LogP contribution in [0.5, 0.6) is 0 Å². The standard InChI is InChI=1S/C15H18N2O7S/c1-10(11-2-4-12(5-3-11)25(16,20)21)17-14(18)9-24-15(19)13-8-22-6-7-23-13/h2-5,8,10H,6-7,9H2,1H3,(H,17,18)(H2,16,20,21)/t10-/m1/s1. The van der Waals surface area contributed by atoms with Crippen molar-refractivity contribution in [3.63, 3.8) is 0 Å². The summed E-state index contributed by atoms with van der Waals surface area (Å²) in [5, 5.41) is 7.65. The van der Waals surface area contributed by atoms with Crippen molar-refractivity contribution in [2.45, 2.75) is 17.9 Å². The molecule has 0 aromatic heterocycles. The number of carbonyl (C=O) groups excluding carboxylic acids is 2. The summed E-state index contributed by atoms with van der Waals surface area (Å²) in [6, 6.07) is 5.35. The van der Waals surface area contributed by atoms with E-state index in [1.54, 1.807) is 6.92 Å². The van der Waals surface area contributed by atoms with Crippen molar-refractivity contribution in [1.82, 2.24) is 5.32 Å². The predicted octanol–water partition coefficient (Wildman–Crippen LogP) is -0.0574. The zero-order valence-corrected chi connectivity index (χ0v) is 14.2. The number of esters is 1. The summed E-state index contributed by atoms with van der Waals surface area (Å²) in [6.07, 6.45) is 1.14. The SMILES string of the molecule is C[C@@H](NC(=O)COC(=O)C1=COCCO1)c1ccc(S(N)(=O)=O)cc1. The number of hydrogen-bond acceptors (Lipinski definition) is 7. The summed E-state index contributed by atoms with van der Waals surface area (Å²) in [7, 11) is -3.77. The lowest BCUT2D eigenvalue weighted by Gasteiger charge is -2.16. The van der Waals surface area contributed by atoms with Gasteiger partial charge in [0.15, 0.2) is 6.61 Å². The molecule has 10 heteroatoms. The van der Waals surface area contributed by atoms with Gasteiger partial charge in [-0.1, -0.05) is 12.1 Å². The minimum absolute atomic E-state index is 0.0216. The van der Waals surface area contributed by atoms with Gasteiger partial charge in [-0.2, -0.15) is 0 Å². The van der Waals surface area contributed by atoms with E-state index in [4.69, 9.17) is 19.3 Å². The molecule has 136 valence electrons. The minimum Gasteiger partial charge on any atom is -0.493 e. The quantitative estimate of drug-likeness (QED) is 0.670. The maximum Gasteiger partial charge on any atom is 0.377 e. The maximum absolute atomic E-state index is 11.8. The second-order valence-corrected chi connectivity index (χ2v) is 6.74. The number of nitrogens with two attached hydrogens (primary N) is 1. The first-order valence-electron chi connectivity index (χ1n) is 7.31. The molecule has 2 rings (SSSR count). The lowest BCUT2D eigenvalue weighted by Crippen LogP contribution is -2.31. The van der Waals surface area contributed by atoms with Gasteiger partial charge in [0, 0.05) is 0 Å². The van der Waals surface area contributed by atoms with Crippen LogP contribution >= 0.6 is 0 Å². The predicted molar refractivity (Wildman–Crippen MR) is 85.3 cm³/mol. The summed E-state index contributed by atoms with van der Waals surface area (Å²) in [5.41, 5.74) is 0.666. The molecular formula is C15H18N2O7S. The molecule has 1 aliphatic heterocycles. The van der Waals surface area contributed by atoms with Crippen LogP contribution < -0.4 is 10.5 Å². The van der Waals surface area contributed by atoms with Crippen LogP contribution in [-0.4, -0.2) is 40.1 Å². The van der Waals surface area contributed by atoms with Crippen LogP contribution in [0, 0.1) is 0 Å². The first-order chi connectivity index (χ1) is 11.8. The normalized spacial score (nSPS) is 15.2. The highest BCUT2D eigenvalue weighted by Gasteiger charge is 2.19. The number of nitrogens with one attached hydrogen (secondary N) is 1. The van der Waals surface area contributed by atoms with Crippen LogP contribution in [0.2, 0.25) is 0 Å². The molecule has 0 saturated heterocycles. The van der Waals surface area contributed by atoms with Crippen LogP contribution in [0.1, 0.15) is 18.5 Å². The number of ether oxygens (including phenoxy) is 3. The molecule has 3 N–H and O–H groups in total. The monoisotopic (exact) mass is 370 g/mol. The Morgan fingerprint density at radius 1 is 1.28 bits per heavy atom. The molecule has 9 nitrogen and oxygen atoms in total. The van der Waals surface area contributed by atoms with Gasteiger partial charge in [0.25, 0.3) is 5.91 Å². The number of primary sulfonamides is 1. The highest BCUT2D eigenvalue weighted by atomic mass is 32.2. The van der Waals surface area contributed by atoms with Gasteiger partial charge < -0.3 is 19.5 Å². The van der Waals surface area contributed by atoms with Gasteiger partial charge in [-0.15, -0.1) is 0 Å². The molecule has 0 saturated carbocycles. The summed E-state index contributed by atoms with van der Waals surface area (Å²) in [4.78, 5) is 23.5. The third-order valence-corrected chi connectivity index (χ3v) is 4.20. The van der Waals surface area contributed by atoms with Gasteiger partial charge in [0.1, 0.15) is 19.5 Å². The smallest absolute Gasteiger partial charge is 0.377 e. The van der Waals surface area contributed by atoms with E-state index < -0.39 is 34.5 Å². The highest BCUT2D eigenvalue weighted by Crippen LogP contribution is 2.15. The Balaban J connectivity index is 1.85. The fourth-order valence-electron chi connectivity index (χ4n) is 1.99. The molecule has 0 unspecified atom stereocenters. The summed E-state index contributed by atoms with van der Waals surface area (Å²) in [5.74, 6) is -1.40. The van der Waals surface area contributed by atoms with Crippen LogP contribution in [0.4, 0.5) is 0 Å². The number of sulfonamides is 1. The molecule has 0 aliphatic carbocycles. The van der Waals surface area contributed by atoms with E-state index >= 15 is 0 Å². The van der Waals surface area contributed by atoms with E-state index in [1.807, 2.05) is 0 Å². The van der Waals surface area contributed by atoms with Crippen molar-refractivity contribution in [2.24, 2.45) is 5.14 Å². The van der Waals surface area contributed by atoms with Crippen molar-refractivity contribution in [3.05, 3.63) is 41.9 Å². The highest BCUT2D eigenvalue weighted by molar-refractivity contribution is 7.89. The number of carbonyl (C=O) groups is 2. The minimum atomic E-state index is -3.77. The third kappa shape index (κ3) is 5.47. The van der Waals surface area contributed by atoms with Crippen molar-refractivity contribution in [2.75, 3.05) is 19.8 Å². The molecule has 0 bridgehead atoms. The average Bonchev–Trinajstić information content (AvgIpc) is 2.59. The van der Waals surface area contributed by atoms with Crippen molar-refractivity contribution < 1.29 is 32.2 Å². The maximum atomic E-state index is 11.8. The van der Waals surface area contributed by atoms with Gasteiger partial charge in [-0.3, -0.25) is 4.79 Å². The molecule has 1 amide bonds. The average molecular weight is 370 g/mol. The molecule has 0 spiro atoms. The van der Waals surface area contributed by atoms with E-state index in [0.717, 1.165) is 6.26 Å². The van der Waals surface area contributed by atoms with Crippen molar-refractivity contribution >= 4 is 21.9 Å². The van der Waals surface area contributed by atoms with Gasteiger partial charge >= 0.3 is 5.97 Å². The fraction of sp³-hybridized carbons (Fsp3) is 0.333. The number of rotatable bonds is 6. The van der Waals surface area contributed by atoms with E-state index in [0.29, 0.717) is 12.2 Å². The molecule has 1 aromatic carbocycles. The number of hydrogen-bond donors (Lipinski definition) is 2. The Bertz CT molecular complexity index is 772. The Morgan fingerprint density at radius 3 is 2.52 bits per heavy atom. The van der Waals surface area contributed by atoms with E-state index in [-0.39, 0.29) is 17.3 Å². The molecule has 0 fully saturated rings. The second-order valence-electron chi connectivity index (χ2n) is 5.18. The molecular weight excluding hydrogens is 352 g/mol. The van der Waals surface area contributed by atoms with Crippen LogP contribution in [0.3, 0.4) is 0 Å². The topological polar surface area (TPSA) is 134 Å². The summed E-state index contributed by atoms with van der Waals surface area (Å²) >= 11 is 0. The Kier molecular flexibility index (Phi) is 5.99. The number of benzene rings is 1. The van der Waals surface area contributed by atoms with E-state index in [1.165, 1.54) is 24.3 Å². The Hall–Kier alpha value is -2.59. The second kappa shape index (κ2) is 7.99. The fourth-order valence-corrected chi connectivity index (χ4v) is 2.51. The van der Waals surface area contributed by atoms with Gasteiger partial charge in [-0.05, 0) is 24.6 Å². The first-order valence-corrected chi connectivity index (χ1v) is 8.86. The van der Waals surface area contributed by atoms with Crippen LogP contribution in [-0.2, 0) is 33.8 Å². The largest absolute Gasteiger partial charge is 0.493 e. The summed E-state index contributed by atoms with van der Waals surface area (Å²) < 4.78 is 37.2. The van der Waals surface area contributed by atoms with Crippen molar-refractivity contribution in [3.8, 4) is 0 Å².